The van der Waals surface area contributed by atoms with Gasteiger partial charge in [-0.1, -0.05) is 31.9 Å². The molecule has 4 nitrogen and oxygen atoms in total. The molecular weight excluding hydrogens is 262 g/mol. The minimum Gasteiger partial charge on any atom is -0.370 e. The van der Waals surface area contributed by atoms with Gasteiger partial charge >= 0.3 is 0 Å². The predicted molar refractivity (Wildman–Crippen MR) is 79.9 cm³/mol. The fourth-order valence-corrected chi connectivity index (χ4v) is 1.96. The average Bonchev–Trinajstić information content (AvgIpc) is 2.37. The topological polar surface area (TPSA) is 54.0 Å². The Kier molecular flexibility index (Phi) is 6.64. The Morgan fingerprint density at radius 3 is 2.79 bits per heavy atom. The van der Waals surface area contributed by atoms with Crippen LogP contribution in [0.3, 0.4) is 0 Å². The van der Waals surface area contributed by atoms with Crippen LogP contribution < -0.4 is 10.6 Å². The summed E-state index contributed by atoms with van der Waals surface area (Å²) < 4.78 is 0. The van der Waals surface area contributed by atoms with Crippen molar-refractivity contribution in [2.24, 2.45) is 0 Å². The Morgan fingerprint density at radius 2 is 2.16 bits per heavy atom. The van der Waals surface area contributed by atoms with Gasteiger partial charge in [-0.25, -0.2) is 4.98 Å². The lowest BCUT2D eigenvalue weighted by Gasteiger charge is -2.14. The van der Waals surface area contributed by atoms with Gasteiger partial charge in [0.1, 0.15) is 5.82 Å². The van der Waals surface area contributed by atoms with E-state index in [1.54, 1.807) is 6.07 Å². The van der Waals surface area contributed by atoms with Crippen LogP contribution in [0, 0.1) is 0 Å². The highest BCUT2D eigenvalue weighted by Crippen LogP contribution is 2.18. The Morgan fingerprint density at radius 1 is 1.42 bits per heavy atom. The van der Waals surface area contributed by atoms with Crippen molar-refractivity contribution in [1.82, 2.24) is 10.3 Å². The van der Waals surface area contributed by atoms with E-state index < -0.39 is 0 Å². The van der Waals surface area contributed by atoms with Crippen LogP contribution in [0.4, 0.5) is 5.82 Å². The zero-order chi connectivity index (χ0) is 14.3. The van der Waals surface area contributed by atoms with Gasteiger partial charge in [0.15, 0.2) is 0 Å². The molecule has 1 amide bonds. The van der Waals surface area contributed by atoms with E-state index in [0.29, 0.717) is 16.4 Å². The fourth-order valence-electron chi connectivity index (χ4n) is 1.77. The normalized spacial score (nSPS) is 12.0. The summed E-state index contributed by atoms with van der Waals surface area (Å²) >= 11 is 6.03. The molecule has 0 aliphatic heterocycles. The summed E-state index contributed by atoms with van der Waals surface area (Å²) in [4.78, 5) is 16.3. The van der Waals surface area contributed by atoms with Gasteiger partial charge in [0.05, 0.1) is 10.6 Å². The smallest absolute Gasteiger partial charge is 0.253 e. The van der Waals surface area contributed by atoms with E-state index in [0.717, 1.165) is 25.8 Å². The van der Waals surface area contributed by atoms with E-state index >= 15 is 0 Å². The number of aromatic nitrogens is 1. The third kappa shape index (κ3) is 5.07. The van der Waals surface area contributed by atoms with E-state index in [2.05, 4.69) is 29.5 Å². The van der Waals surface area contributed by atoms with Crippen molar-refractivity contribution in [1.29, 1.82) is 0 Å². The average molecular weight is 284 g/mol. The van der Waals surface area contributed by atoms with Crippen LogP contribution in [0.2, 0.25) is 5.02 Å². The summed E-state index contributed by atoms with van der Waals surface area (Å²) in [5.41, 5.74) is 0.471. The molecule has 2 N–H and O–H groups in total. The van der Waals surface area contributed by atoms with Gasteiger partial charge in [-0.05, 0) is 25.8 Å². The van der Waals surface area contributed by atoms with Gasteiger partial charge in [0.2, 0.25) is 0 Å². The second-order valence-electron chi connectivity index (χ2n) is 4.64. The van der Waals surface area contributed by atoms with E-state index in [4.69, 9.17) is 11.6 Å². The van der Waals surface area contributed by atoms with E-state index in [1.807, 2.05) is 6.92 Å². The summed E-state index contributed by atoms with van der Waals surface area (Å²) in [6.07, 6.45) is 4.50. The van der Waals surface area contributed by atoms with Crippen molar-refractivity contribution >= 4 is 23.3 Å². The number of pyridine rings is 1. The number of halogens is 1. The van der Waals surface area contributed by atoms with Gasteiger partial charge in [0, 0.05) is 18.8 Å². The van der Waals surface area contributed by atoms with E-state index in [-0.39, 0.29) is 11.9 Å². The summed E-state index contributed by atoms with van der Waals surface area (Å²) in [5.74, 6) is 0.535. The Balaban J connectivity index is 2.77. The minimum atomic E-state index is -0.145. The summed E-state index contributed by atoms with van der Waals surface area (Å²) in [6, 6.07) is 1.85. The molecule has 106 valence electrons. The number of rotatable bonds is 7. The van der Waals surface area contributed by atoms with Crippen LogP contribution >= 0.6 is 11.6 Å². The molecule has 1 aromatic rings. The van der Waals surface area contributed by atoms with Crippen LogP contribution in [-0.2, 0) is 0 Å². The van der Waals surface area contributed by atoms with Gasteiger partial charge in [-0.15, -0.1) is 0 Å². The first-order valence-electron chi connectivity index (χ1n) is 6.78. The van der Waals surface area contributed by atoms with E-state index in [1.165, 1.54) is 6.20 Å². The molecular formula is C14H22ClN3O. The van der Waals surface area contributed by atoms with Crippen molar-refractivity contribution in [3.63, 3.8) is 0 Å². The molecule has 0 aliphatic rings. The molecule has 19 heavy (non-hydrogen) atoms. The number of carbonyl (C=O) groups excluding carboxylic acids is 1. The monoisotopic (exact) mass is 283 g/mol. The maximum Gasteiger partial charge on any atom is 0.253 e. The summed E-state index contributed by atoms with van der Waals surface area (Å²) in [5, 5.41) is 6.47. The molecule has 0 radical (unpaired) electrons. The van der Waals surface area contributed by atoms with Gasteiger partial charge in [0.25, 0.3) is 5.91 Å². The number of hydrogen-bond acceptors (Lipinski definition) is 3. The molecule has 0 aromatic carbocycles. The molecule has 1 unspecified atom stereocenters. The number of carbonyl (C=O) groups is 1. The summed E-state index contributed by atoms with van der Waals surface area (Å²) in [7, 11) is 0. The number of anilines is 1. The first kappa shape index (κ1) is 15.8. The fraction of sp³-hybridized carbons (Fsp3) is 0.571. The standard InChI is InChI=1S/C14H22ClN3O/c1-4-6-10(3)18-14(19)11-8-13(16-7-5-2)17-9-12(11)15/h8-10H,4-7H2,1-3H3,(H,16,17)(H,18,19). The molecule has 0 saturated heterocycles. The molecule has 0 saturated carbocycles. The zero-order valence-corrected chi connectivity index (χ0v) is 12.5. The molecule has 1 rings (SSSR count). The zero-order valence-electron chi connectivity index (χ0n) is 11.8. The third-order valence-electron chi connectivity index (χ3n) is 2.76. The van der Waals surface area contributed by atoms with Gasteiger partial charge in [-0.3, -0.25) is 4.79 Å². The Bertz CT molecular complexity index is 423. The molecule has 0 spiro atoms. The molecule has 0 bridgehead atoms. The van der Waals surface area contributed by atoms with Crippen molar-refractivity contribution in [3.05, 3.63) is 22.8 Å². The van der Waals surface area contributed by atoms with Gasteiger partial charge < -0.3 is 10.6 Å². The largest absolute Gasteiger partial charge is 0.370 e. The highest BCUT2D eigenvalue weighted by molar-refractivity contribution is 6.33. The van der Waals surface area contributed by atoms with Crippen LogP contribution in [0.15, 0.2) is 12.3 Å². The lowest BCUT2D eigenvalue weighted by Crippen LogP contribution is -2.32. The lowest BCUT2D eigenvalue weighted by atomic mass is 10.1. The first-order valence-corrected chi connectivity index (χ1v) is 7.16. The first-order chi connectivity index (χ1) is 9.08. The number of hydrogen-bond donors (Lipinski definition) is 2. The van der Waals surface area contributed by atoms with Crippen molar-refractivity contribution in [2.75, 3.05) is 11.9 Å². The van der Waals surface area contributed by atoms with Crippen molar-refractivity contribution < 1.29 is 4.79 Å². The van der Waals surface area contributed by atoms with Crippen molar-refractivity contribution in [2.45, 2.75) is 46.1 Å². The molecule has 0 aliphatic carbocycles. The predicted octanol–water partition coefficient (Wildman–Crippen LogP) is 3.48. The Hall–Kier alpha value is -1.29. The molecule has 1 aromatic heterocycles. The third-order valence-corrected chi connectivity index (χ3v) is 3.06. The number of amides is 1. The number of nitrogens with one attached hydrogen (secondary N) is 2. The molecule has 0 fully saturated rings. The van der Waals surface area contributed by atoms with Crippen LogP contribution in [0.1, 0.15) is 50.4 Å². The highest BCUT2D eigenvalue weighted by atomic mass is 35.5. The van der Waals surface area contributed by atoms with Crippen LogP contribution in [0.5, 0.6) is 0 Å². The minimum absolute atomic E-state index is 0.145. The van der Waals surface area contributed by atoms with Gasteiger partial charge in [-0.2, -0.15) is 0 Å². The highest BCUT2D eigenvalue weighted by Gasteiger charge is 2.14. The SMILES string of the molecule is CCCNc1cc(C(=O)NC(C)CCC)c(Cl)cn1. The Labute approximate surface area is 120 Å². The molecule has 1 atom stereocenters. The maximum atomic E-state index is 12.1. The second-order valence-corrected chi connectivity index (χ2v) is 5.05. The quantitative estimate of drug-likeness (QED) is 0.805. The van der Waals surface area contributed by atoms with Crippen LogP contribution in [0.25, 0.3) is 0 Å². The van der Waals surface area contributed by atoms with Crippen molar-refractivity contribution in [3.8, 4) is 0 Å². The molecule has 1 heterocycles. The van der Waals surface area contributed by atoms with Crippen LogP contribution in [-0.4, -0.2) is 23.5 Å². The maximum absolute atomic E-state index is 12.1. The van der Waals surface area contributed by atoms with E-state index in [9.17, 15) is 4.79 Å². The second kappa shape index (κ2) is 8.00. The molecule has 5 heteroatoms. The summed E-state index contributed by atoms with van der Waals surface area (Å²) in [6.45, 7) is 6.98. The lowest BCUT2D eigenvalue weighted by molar-refractivity contribution is 0.0938. The number of nitrogens with zero attached hydrogens (tertiary/aromatic N) is 1.